The molecule has 0 aromatic rings. The molecule has 4 N–H and O–H groups in total. The molecule has 4 nitrogen and oxygen atoms in total. The van der Waals surface area contributed by atoms with E-state index in [4.69, 9.17) is 11.5 Å². The van der Waals surface area contributed by atoms with Gasteiger partial charge in [-0.05, 0) is 0 Å². The Kier molecular flexibility index (Phi) is 8.19. The quantitative estimate of drug-likeness (QED) is 0.567. The van der Waals surface area contributed by atoms with Gasteiger partial charge < -0.3 is 11.5 Å². The van der Waals surface area contributed by atoms with Gasteiger partial charge in [0.05, 0.1) is 0 Å². The van der Waals surface area contributed by atoms with E-state index in [9.17, 15) is 9.59 Å². The Morgan fingerprint density at radius 3 is 1.50 bits per heavy atom. The largest absolute Gasteiger partial charge is 0.360 e. The molecule has 0 aromatic heterocycles. The van der Waals surface area contributed by atoms with Crippen LogP contribution in [0.1, 0.15) is 0 Å². The molecule has 0 unspecified atom stereocenters. The van der Waals surface area contributed by atoms with Crippen LogP contribution in [0.3, 0.4) is 0 Å². The minimum Gasteiger partial charge on any atom is -0.360 e. The normalized spacial score (nSPS) is 9.67. The number of primary amides is 2. The monoisotopic (exact) mass is 244 g/mol. The third kappa shape index (κ3) is 10.3. The molecule has 0 spiro atoms. The summed E-state index contributed by atoms with van der Waals surface area (Å²) in [5, 5.41) is -0.792. The lowest BCUT2D eigenvalue weighted by Gasteiger charge is -1.95. The van der Waals surface area contributed by atoms with E-state index < -0.39 is 10.5 Å². The summed E-state index contributed by atoms with van der Waals surface area (Å²) < 4.78 is 0. The molecule has 0 saturated carbocycles. The first-order chi connectivity index (χ1) is 5.63. The van der Waals surface area contributed by atoms with E-state index in [1.807, 2.05) is 0 Å². The lowest BCUT2D eigenvalue weighted by atomic mass is 11.0. The number of hydrogen-bond acceptors (Lipinski definition) is 6. The molecule has 0 aromatic carbocycles. The number of carbonyl (C=O) groups is 2. The van der Waals surface area contributed by atoms with Crippen molar-refractivity contribution < 1.29 is 9.59 Å². The van der Waals surface area contributed by atoms with Crippen molar-refractivity contribution in [2.45, 2.75) is 0 Å². The fraction of sp³-hybridized carbons (Fsp3) is 0.500. The predicted molar refractivity (Wildman–Crippen MR) is 59.3 cm³/mol. The first kappa shape index (κ1) is 12.3. The number of nitrogens with two attached hydrogens (primary N) is 2. The van der Waals surface area contributed by atoms with Crippen molar-refractivity contribution >= 4 is 53.7 Å². The zero-order valence-corrected chi connectivity index (χ0v) is 9.28. The minimum atomic E-state index is -0.396. The van der Waals surface area contributed by atoms with Crippen LogP contribution < -0.4 is 11.5 Å². The van der Waals surface area contributed by atoms with Gasteiger partial charge in [-0.2, -0.15) is 0 Å². The highest BCUT2D eigenvalue weighted by atomic mass is 33.1. The highest BCUT2D eigenvalue weighted by molar-refractivity contribution is 8.83. The summed E-state index contributed by atoms with van der Waals surface area (Å²) in [6.45, 7) is 0. The van der Waals surface area contributed by atoms with E-state index in [-0.39, 0.29) is 0 Å². The zero-order valence-electron chi connectivity index (χ0n) is 6.02. The minimum absolute atomic E-state index is 0.396. The topological polar surface area (TPSA) is 86.2 Å². The average molecular weight is 244 g/mol. The second kappa shape index (κ2) is 7.96. The van der Waals surface area contributed by atoms with Crippen LogP contribution in [-0.2, 0) is 0 Å². The van der Waals surface area contributed by atoms with E-state index in [1.54, 1.807) is 0 Å². The summed E-state index contributed by atoms with van der Waals surface area (Å²) in [4.78, 5) is 20.4. The van der Waals surface area contributed by atoms with Crippen molar-refractivity contribution in [3.05, 3.63) is 0 Å². The van der Waals surface area contributed by atoms with Crippen LogP contribution in [0, 0.1) is 0 Å². The molecule has 0 atom stereocenters. The Labute approximate surface area is 86.1 Å². The predicted octanol–water partition coefficient (Wildman–Crippen LogP) is 1.91. The standard InChI is InChI=1S/C4H8N2O2S4/c5-3(7)11-9-1-2-10-12-4(6)8/h1-2H2,(H2,5,7)(H2,6,8). The van der Waals surface area contributed by atoms with Crippen LogP contribution in [0.15, 0.2) is 0 Å². The molecule has 0 bridgehead atoms. The third-order valence-corrected chi connectivity index (χ3v) is 4.79. The van der Waals surface area contributed by atoms with Crippen molar-refractivity contribution in [2.24, 2.45) is 11.5 Å². The van der Waals surface area contributed by atoms with E-state index in [1.165, 1.54) is 21.6 Å². The maximum atomic E-state index is 10.2. The van der Waals surface area contributed by atoms with Crippen molar-refractivity contribution in [3.8, 4) is 0 Å². The van der Waals surface area contributed by atoms with Gasteiger partial charge in [-0.1, -0.05) is 21.6 Å². The number of rotatable bonds is 5. The van der Waals surface area contributed by atoms with Gasteiger partial charge >= 0.3 is 0 Å². The van der Waals surface area contributed by atoms with E-state index in [0.29, 0.717) is 0 Å². The molecule has 70 valence electrons. The Hall–Kier alpha value is 0.340. The Morgan fingerprint density at radius 2 is 1.25 bits per heavy atom. The Morgan fingerprint density at radius 1 is 0.917 bits per heavy atom. The third-order valence-electron chi connectivity index (χ3n) is 0.532. The molecular formula is C4H8N2O2S4. The van der Waals surface area contributed by atoms with Crippen molar-refractivity contribution in [3.63, 3.8) is 0 Å². The summed E-state index contributed by atoms with van der Waals surface area (Å²) in [5.41, 5.74) is 9.74. The Bertz CT molecular complexity index is 147. The molecule has 0 radical (unpaired) electrons. The van der Waals surface area contributed by atoms with Crippen LogP contribution >= 0.6 is 43.2 Å². The molecule has 8 heteroatoms. The summed E-state index contributed by atoms with van der Waals surface area (Å²) in [6.07, 6.45) is 0. The molecule has 0 heterocycles. The fourth-order valence-corrected chi connectivity index (χ4v) is 3.63. The van der Waals surface area contributed by atoms with Crippen LogP contribution in [0.2, 0.25) is 0 Å². The molecule has 0 saturated heterocycles. The first-order valence-corrected chi connectivity index (χ1v) is 7.44. The van der Waals surface area contributed by atoms with Crippen molar-refractivity contribution in [2.75, 3.05) is 11.5 Å². The van der Waals surface area contributed by atoms with Gasteiger partial charge in [0.15, 0.2) is 0 Å². The van der Waals surface area contributed by atoms with Crippen LogP contribution in [0.4, 0.5) is 9.59 Å². The number of amides is 2. The summed E-state index contributed by atoms with van der Waals surface area (Å²) in [6, 6.07) is 0. The van der Waals surface area contributed by atoms with Gasteiger partial charge in [0.25, 0.3) is 10.5 Å². The van der Waals surface area contributed by atoms with Gasteiger partial charge in [-0.25, -0.2) is 0 Å². The average Bonchev–Trinajstić information content (AvgIpc) is 1.95. The van der Waals surface area contributed by atoms with Gasteiger partial charge in [0, 0.05) is 33.1 Å². The van der Waals surface area contributed by atoms with Gasteiger partial charge in [0.1, 0.15) is 0 Å². The van der Waals surface area contributed by atoms with Gasteiger partial charge in [0.2, 0.25) is 0 Å². The highest BCUT2D eigenvalue weighted by Gasteiger charge is 1.98. The summed E-state index contributed by atoms with van der Waals surface area (Å²) in [7, 11) is 4.75. The highest BCUT2D eigenvalue weighted by Crippen LogP contribution is 2.26. The smallest absolute Gasteiger partial charge is 0.287 e. The van der Waals surface area contributed by atoms with Crippen molar-refractivity contribution in [1.29, 1.82) is 0 Å². The maximum absolute atomic E-state index is 10.2. The van der Waals surface area contributed by atoms with E-state index in [2.05, 4.69) is 0 Å². The van der Waals surface area contributed by atoms with Gasteiger partial charge in [-0.15, -0.1) is 0 Å². The van der Waals surface area contributed by atoms with Gasteiger partial charge in [-0.3, -0.25) is 9.59 Å². The second-order valence-electron chi connectivity index (χ2n) is 1.45. The molecule has 0 aliphatic carbocycles. The van der Waals surface area contributed by atoms with Crippen molar-refractivity contribution in [1.82, 2.24) is 0 Å². The van der Waals surface area contributed by atoms with E-state index in [0.717, 1.165) is 33.1 Å². The first-order valence-electron chi connectivity index (χ1n) is 2.80. The lowest BCUT2D eigenvalue weighted by Crippen LogP contribution is -2.01. The molecule has 0 rings (SSSR count). The summed E-state index contributed by atoms with van der Waals surface area (Å²) in [5.74, 6) is 1.52. The number of hydrogen-bond donors (Lipinski definition) is 2. The van der Waals surface area contributed by atoms with Crippen LogP contribution in [-0.4, -0.2) is 22.0 Å². The lowest BCUT2D eigenvalue weighted by molar-refractivity contribution is 0.266. The van der Waals surface area contributed by atoms with Crippen LogP contribution in [0.25, 0.3) is 0 Å². The number of carbonyl (C=O) groups excluding carboxylic acids is 2. The van der Waals surface area contributed by atoms with E-state index >= 15 is 0 Å². The Balaban J connectivity index is 3.01. The molecular weight excluding hydrogens is 236 g/mol. The molecule has 12 heavy (non-hydrogen) atoms. The fourth-order valence-electron chi connectivity index (χ4n) is 0.268. The molecule has 0 aliphatic heterocycles. The second-order valence-corrected chi connectivity index (χ2v) is 6.29. The van der Waals surface area contributed by atoms with Crippen LogP contribution in [0.5, 0.6) is 0 Å². The molecule has 0 aliphatic rings. The maximum Gasteiger partial charge on any atom is 0.287 e. The summed E-state index contributed by atoms with van der Waals surface area (Å²) >= 11 is 0. The zero-order chi connectivity index (χ0) is 9.40. The molecule has 0 fully saturated rings. The SMILES string of the molecule is NC(=O)SSCCSSC(N)=O. The molecule has 2 amide bonds.